The van der Waals surface area contributed by atoms with E-state index < -0.39 is 0 Å². The van der Waals surface area contributed by atoms with Crippen LogP contribution >= 0.6 is 0 Å². The van der Waals surface area contributed by atoms with Gasteiger partial charge in [-0.15, -0.1) is 0 Å². The van der Waals surface area contributed by atoms with Crippen LogP contribution in [-0.4, -0.2) is 25.0 Å². The fourth-order valence-electron chi connectivity index (χ4n) is 1.43. The highest BCUT2D eigenvalue weighted by Gasteiger charge is 2.28. The SMILES string of the molecule is CNC(=O)C(CC(C)C)NC1CC1. The Morgan fingerprint density at radius 2 is 2.08 bits per heavy atom. The van der Waals surface area contributed by atoms with Crippen molar-refractivity contribution < 1.29 is 4.79 Å². The highest BCUT2D eigenvalue weighted by Crippen LogP contribution is 2.20. The Kier molecular flexibility index (Phi) is 3.72. The number of carbonyl (C=O) groups is 1. The number of amides is 1. The molecule has 0 aromatic heterocycles. The molecule has 0 bridgehead atoms. The van der Waals surface area contributed by atoms with E-state index in [1.807, 2.05) is 0 Å². The Labute approximate surface area is 80.3 Å². The van der Waals surface area contributed by atoms with Crippen LogP contribution in [0, 0.1) is 5.92 Å². The largest absolute Gasteiger partial charge is 0.358 e. The zero-order valence-corrected chi connectivity index (χ0v) is 8.76. The Balaban J connectivity index is 2.36. The van der Waals surface area contributed by atoms with E-state index in [1.165, 1.54) is 12.8 Å². The second-order valence-corrected chi connectivity index (χ2v) is 4.24. The lowest BCUT2D eigenvalue weighted by Gasteiger charge is -2.18. The first-order chi connectivity index (χ1) is 6.13. The molecule has 2 N–H and O–H groups in total. The van der Waals surface area contributed by atoms with Gasteiger partial charge in [0.2, 0.25) is 5.91 Å². The van der Waals surface area contributed by atoms with Gasteiger partial charge in [0, 0.05) is 13.1 Å². The fraction of sp³-hybridized carbons (Fsp3) is 0.900. The monoisotopic (exact) mass is 184 g/mol. The summed E-state index contributed by atoms with van der Waals surface area (Å²) in [6.07, 6.45) is 3.38. The second kappa shape index (κ2) is 4.61. The Morgan fingerprint density at radius 3 is 2.46 bits per heavy atom. The molecule has 0 spiro atoms. The van der Waals surface area contributed by atoms with Crippen molar-refractivity contribution in [2.45, 2.75) is 45.2 Å². The summed E-state index contributed by atoms with van der Waals surface area (Å²) in [5.74, 6) is 0.689. The van der Waals surface area contributed by atoms with E-state index in [2.05, 4.69) is 24.5 Å². The van der Waals surface area contributed by atoms with E-state index in [9.17, 15) is 4.79 Å². The van der Waals surface area contributed by atoms with Crippen LogP contribution in [0.3, 0.4) is 0 Å². The smallest absolute Gasteiger partial charge is 0.236 e. The molecule has 0 aliphatic heterocycles. The van der Waals surface area contributed by atoms with Gasteiger partial charge in [-0.25, -0.2) is 0 Å². The molecule has 1 atom stereocenters. The second-order valence-electron chi connectivity index (χ2n) is 4.24. The first-order valence-corrected chi connectivity index (χ1v) is 5.11. The van der Waals surface area contributed by atoms with Crippen molar-refractivity contribution in [2.75, 3.05) is 7.05 Å². The van der Waals surface area contributed by atoms with Gasteiger partial charge in [-0.3, -0.25) is 4.79 Å². The minimum Gasteiger partial charge on any atom is -0.358 e. The van der Waals surface area contributed by atoms with Crippen molar-refractivity contribution in [1.82, 2.24) is 10.6 Å². The Hall–Kier alpha value is -0.570. The topological polar surface area (TPSA) is 41.1 Å². The fourth-order valence-corrected chi connectivity index (χ4v) is 1.43. The van der Waals surface area contributed by atoms with E-state index in [0.29, 0.717) is 12.0 Å². The standard InChI is InChI=1S/C10H20N2O/c1-7(2)6-9(10(13)11-3)12-8-4-5-8/h7-9,12H,4-6H2,1-3H3,(H,11,13). The summed E-state index contributed by atoms with van der Waals surface area (Å²) in [5.41, 5.74) is 0. The van der Waals surface area contributed by atoms with Crippen molar-refractivity contribution in [1.29, 1.82) is 0 Å². The third-order valence-corrected chi connectivity index (χ3v) is 2.28. The van der Waals surface area contributed by atoms with Crippen LogP contribution in [0.4, 0.5) is 0 Å². The summed E-state index contributed by atoms with van der Waals surface area (Å²) in [7, 11) is 1.70. The van der Waals surface area contributed by atoms with E-state index in [-0.39, 0.29) is 11.9 Å². The molecule has 1 saturated carbocycles. The molecule has 13 heavy (non-hydrogen) atoms. The van der Waals surface area contributed by atoms with E-state index >= 15 is 0 Å². The predicted octanol–water partition coefficient (Wildman–Crippen LogP) is 0.899. The Morgan fingerprint density at radius 1 is 1.46 bits per heavy atom. The average molecular weight is 184 g/mol. The predicted molar refractivity (Wildman–Crippen MR) is 53.5 cm³/mol. The van der Waals surface area contributed by atoms with Crippen molar-refractivity contribution in [2.24, 2.45) is 5.92 Å². The molecule has 0 aromatic carbocycles. The van der Waals surface area contributed by atoms with Gasteiger partial charge in [-0.1, -0.05) is 13.8 Å². The number of likely N-dealkylation sites (N-methyl/N-ethyl adjacent to an activating group) is 1. The summed E-state index contributed by atoms with van der Waals surface area (Å²) in [6.45, 7) is 4.29. The normalized spacial score (nSPS) is 18.8. The lowest BCUT2D eigenvalue weighted by atomic mass is 10.0. The summed E-state index contributed by atoms with van der Waals surface area (Å²) >= 11 is 0. The molecule has 1 fully saturated rings. The van der Waals surface area contributed by atoms with Gasteiger partial charge in [0.05, 0.1) is 6.04 Å². The van der Waals surface area contributed by atoms with Gasteiger partial charge < -0.3 is 10.6 Å². The van der Waals surface area contributed by atoms with Crippen LogP contribution in [0.15, 0.2) is 0 Å². The van der Waals surface area contributed by atoms with Crippen LogP contribution in [0.1, 0.15) is 33.1 Å². The molecule has 0 saturated heterocycles. The van der Waals surface area contributed by atoms with Crippen LogP contribution in [-0.2, 0) is 4.79 Å². The first kappa shape index (κ1) is 10.5. The zero-order valence-electron chi connectivity index (χ0n) is 8.76. The molecule has 0 heterocycles. The molecule has 1 aliphatic rings. The van der Waals surface area contributed by atoms with Gasteiger partial charge in [0.15, 0.2) is 0 Å². The maximum absolute atomic E-state index is 11.4. The summed E-state index contributed by atoms with van der Waals surface area (Å²) in [6, 6.07) is 0.610. The van der Waals surface area contributed by atoms with Crippen molar-refractivity contribution in [3.63, 3.8) is 0 Å². The number of hydrogen-bond acceptors (Lipinski definition) is 2. The van der Waals surface area contributed by atoms with E-state index in [0.717, 1.165) is 6.42 Å². The average Bonchev–Trinajstić information content (AvgIpc) is 2.85. The van der Waals surface area contributed by atoms with Crippen LogP contribution in [0.25, 0.3) is 0 Å². The van der Waals surface area contributed by atoms with Crippen LogP contribution < -0.4 is 10.6 Å². The number of rotatable bonds is 5. The van der Waals surface area contributed by atoms with E-state index in [1.54, 1.807) is 7.05 Å². The number of hydrogen-bond donors (Lipinski definition) is 2. The minimum absolute atomic E-state index is 0.0116. The third-order valence-electron chi connectivity index (χ3n) is 2.28. The molecule has 1 unspecified atom stereocenters. The van der Waals surface area contributed by atoms with E-state index in [4.69, 9.17) is 0 Å². The highest BCUT2D eigenvalue weighted by atomic mass is 16.2. The molecule has 3 heteroatoms. The van der Waals surface area contributed by atoms with Crippen molar-refractivity contribution in [3.8, 4) is 0 Å². The third kappa shape index (κ3) is 3.77. The molecular formula is C10H20N2O. The maximum atomic E-state index is 11.4. The van der Waals surface area contributed by atoms with Crippen LogP contribution in [0.2, 0.25) is 0 Å². The molecule has 0 radical (unpaired) electrons. The zero-order chi connectivity index (χ0) is 9.84. The molecule has 0 aromatic rings. The van der Waals surface area contributed by atoms with Crippen molar-refractivity contribution in [3.05, 3.63) is 0 Å². The van der Waals surface area contributed by atoms with Gasteiger partial charge in [0.25, 0.3) is 0 Å². The Bertz CT molecular complexity index is 172. The minimum atomic E-state index is 0.0116. The summed E-state index contributed by atoms with van der Waals surface area (Å²) < 4.78 is 0. The van der Waals surface area contributed by atoms with Gasteiger partial charge >= 0.3 is 0 Å². The number of nitrogens with one attached hydrogen (secondary N) is 2. The maximum Gasteiger partial charge on any atom is 0.236 e. The molecular weight excluding hydrogens is 164 g/mol. The summed E-state index contributed by atoms with van der Waals surface area (Å²) in [5, 5.41) is 6.06. The lowest BCUT2D eigenvalue weighted by molar-refractivity contribution is -0.123. The van der Waals surface area contributed by atoms with Gasteiger partial charge in [0.1, 0.15) is 0 Å². The van der Waals surface area contributed by atoms with Gasteiger partial charge in [-0.2, -0.15) is 0 Å². The quantitative estimate of drug-likeness (QED) is 0.666. The lowest BCUT2D eigenvalue weighted by Crippen LogP contribution is -2.44. The first-order valence-electron chi connectivity index (χ1n) is 5.11. The highest BCUT2D eigenvalue weighted by molar-refractivity contribution is 5.81. The molecule has 1 rings (SSSR count). The van der Waals surface area contributed by atoms with Crippen LogP contribution in [0.5, 0.6) is 0 Å². The van der Waals surface area contributed by atoms with Gasteiger partial charge in [-0.05, 0) is 25.2 Å². The molecule has 3 nitrogen and oxygen atoms in total. The molecule has 1 aliphatic carbocycles. The molecule has 1 amide bonds. The van der Waals surface area contributed by atoms with Crippen molar-refractivity contribution >= 4 is 5.91 Å². The molecule has 76 valence electrons. The summed E-state index contributed by atoms with van der Waals surface area (Å²) in [4.78, 5) is 11.4. The number of carbonyl (C=O) groups excluding carboxylic acids is 1.